The van der Waals surface area contributed by atoms with E-state index in [1.807, 2.05) is 18.2 Å². The van der Waals surface area contributed by atoms with Gasteiger partial charge in [0.15, 0.2) is 8.68 Å². The van der Waals surface area contributed by atoms with E-state index in [-0.39, 0.29) is 0 Å². The predicted molar refractivity (Wildman–Crippen MR) is 91.1 cm³/mol. The maximum Gasteiger partial charge on any atom is 0.206 e. The topological polar surface area (TPSA) is 59.9 Å². The lowest BCUT2D eigenvalue weighted by molar-refractivity contribution is 0.120. The molecule has 22 heavy (non-hydrogen) atoms. The van der Waals surface area contributed by atoms with Crippen LogP contribution in [0.1, 0.15) is 12.8 Å². The molecule has 0 spiro atoms. The number of ether oxygens (including phenoxy) is 1. The Morgan fingerprint density at radius 1 is 1.23 bits per heavy atom. The van der Waals surface area contributed by atoms with Gasteiger partial charge in [-0.15, -0.1) is 21.5 Å². The number of nitrogens with zero attached hydrogens (tertiary/aromatic N) is 3. The fourth-order valence-electron chi connectivity index (χ4n) is 2.30. The molecule has 5 nitrogen and oxygen atoms in total. The third-order valence-corrected chi connectivity index (χ3v) is 6.39. The fraction of sp³-hybridized carbons (Fsp3) is 0.357. The Balaban J connectivity index is 1.40. The zero-order valence-corrected chi connectivity index (χ0v) is 14.1. The van der Waals surface area contributed by atoms with Gasteiger partial charge < -0.3 is 10.1 Å². The van der Waals surface area contributed by atoms with Crippen LogP contribution in [0, 0.1) is 0 Å². The Labute approximate surface area is 140 Å². The van der Waals surface area contributed by atoms with Crippen molar-refractivity contribution in [3.63, 3.8) is 0 Å². The molecule has 0 aliphatic carbocycles. The van der Waals surface area contributed by atoms with Crippen LogP contribution in [-0.4, -0.2) is 34.4 Å². The molecule has 0 radical (unpaired) electrons. The van der Waals surface area contributed by atoms with Gasteiger partial charge in [0, 0.05) is 13.2 Å². The second-order valence-electron chi connectivity index (χ2n) is 4.94. The van der Waals surface area contributed by atoms with Gasteiger partial charge in [-0.05, 0) is 36.7 Å². The smallest absolute Gasteiger partial charge is 0.206 e. The number of hydrogen-bond donors (Lipinski definition) is 1. The summed E-state index contributed by atoms with van der Waals surface area (Å²) in [4.78, 5) is 4.61. The Morgan fingerprint density at radius 2 is 2.18 bits per heavy atom. The van der Waals surface area contributed by atoms with Crippen molar-refractivity contribution in [1.29, 1.82) is 0 Å². The molecule has 8 heteroatoms. The van der Waals surface area contributed by atoms with Gasteiger partial charge in [-0.2, -0.15) is 0 Å². The SMILES string of the molecule is c1ccc2sc(Sc3nnc(NCC4CCCO4)s3)nc2c1. The molecule has 0 saturated carbocycles. The van der Waals surface area contributed by atoms with Crippen molar-refractivity contribution in [2.24, 2.45) is 0 Å². The lowest BCUT2D eigenvalue weighted by Gasteiger charge is -2.08. The van der Waals surface area contributed by atoms with E-state index in [1.54, 1.807) is 34.4 Å². The molecule has 0 bridgehead atoms. The zero-order valence-electron chi connectivity index (χ0n) is 11.7. The van der Waals surface area contributed by atoms with E-state index in [0.717, 1.165) is 45.3 Å². The summed E-state index contributed by atoms with van der Waals surface area (Å²) in [5.74, 6) is 0. The van der Waals surface area contributed by atoms with Crippen LogP contribution in [0.5, 0.6) is 0 Å². The minimum atomic E-state index is 0.310. The van der Waals surface area contributed by atoms with Crippen LogP contribution in [-0.2, 0) is 4.74 Å². The number of thiazole rings is 1. The van der Waals surface area contributed by atoms with Gasteiger partial charge in [-0.1, -0.05) is 23.5 Å². The summed E-state index contributed by atoms with van der Waals surface area (Å²) < 4.78 is 8.71. The van der Waals surface area contributed by atoms with Crippen LogP contribution in [0.15, 0.2) is 32.9 Å². The van der Waals surface area contributed by atoms with Crippen molar-refractivity contribution in [2.45, 2.75) is 27.6 Å². The van der Waals surface area contributed by atoms with Crippen molar-refractivity contribution in [1.82, 2.24) is 15.2 Å². The maximum absolute atomic E-state index is 5.59. The van der Waals surface area contributed by atoms with Gasteiger partial charge in [0.2, 0.25) is 5.13 Å². The van der Waals surface area contributed by atoms with E-state index in [0.29, 0.717) is 6.10 Å². The molecular formula is C14H14N4OS3. The predicted octanol–water partition coefficient (Wildman–Crippen LogP) is 3.89. The molecular weight excluding hydrogens is 336 g/mol. The Hall–Kier alpha value is -1.22. The van der Waals surface area contributed by atoms with Crippen molar-refractivity contribution in [3.05, 3.63) is 24.3 Å². The third-order valence-electron chi connectivity index (χ3n) is 3.36. The van der Waals surface area contributed by atoms with E-state index in [9.17, 15) is 0 Å². The van der Waals surface area contributed by atoms with E-state index >= 15 is 0 Å². The molecule has 1 saturated heterocycles. The maximum atomic E-state index is 5.59. The quantitative estimate of drug-likeness (QED) is 0.753. The second-order valence-corrected chi connectivity index (χ2v) is 8.44. The first-order valence-electron chi connectivity index (χ1n) is 7.09. The van der Waals surface area contributed by atoms with Crippen LogP contribution in [0.25, 0.3) is 10.2 Å². The lowest BCUT2D eigenvalue weighted by atomic mass is 10.2. The van der Waals surface area contributed by atoms with Crippen LogP contribution < -0.4 is 5.32 Å². The van der Waals surface area contributed by atoms with Crippen molar-refractivity contribution >= 4 is 49.8 Å². The molecule has 1 aliphatic rings. The highest BCUT2D eigenvalue weighted by atomic mass is 32.2. The zero-order chi connectivity index (χ0) is 14.8. The monoisotopic (exact) mass is 350 g/mol. The molecule has 114 valence electrons. The highest BCUT2D eigenvalue weighted by Crippen LogP contribution is 2.36. The van der Waals surface area contributed by atoms with Crippen LogP contribution in [0.3, 0.4) is 0 Å². The molecule has 1 unspecified atom stereocenters. The molecule has 3 aromatic rings. The summed E-state index contributed by atoms with van der Waals surface area (Å²) in [6.07, 6.45) is 2.59. The van der Waals surface area contributed by atoms with Gasteiger partial charge >= 0.3 is 0 Å². The van der Waals surface area contributed by atoms with Gasteiger partial charge in [0.05, 0.1) is 16.3 Å². The van der Waals surface area contributed by atoms with Crippen molar-refractivity contribution in [3.8, 4) is 0 Å². The summed E-state index contributed by atoms with van der Waals surface area (Å²) in [6.45, 7) is 1.68. The Morgan fingerprint density at radius 3 is 3.05 bits per heavy atom. The first kappa shape index (κ1) is 14.4. The fourth-order valence-corrected chi connectivity index (χ4v) is 5.33. The summed E-state index contributed by atoms with van der Waals surface area (Å²) in [6, 6.07) is 8.16. The van der Waals surface area contributed by atoms with E-state index < -0.39 is 0 Å². The number of hydrogen-bond acceptors (Lipinski definition) is 8. The molecule has 1 atom stereocenters. The standard InChI is InChI=1S/C14H14N4OS3/c1-2-6-11-10(5-1)16-13(20-11)22-14-18-17-12(21-14)15-8-9-4-3-7-19-9/h1-2,5-6,9H,3-4,7-8H2,(H,15,17). The molecule has 1 fully saturated rings. The summed E-state index contributed by atoms with van der Waals surface area (Å²) in [7, 11) is 0. The summed E-state index contributed by atoms with van der Waals surface area (Å²) in [5, 5.41) is 12.6. The van der Waals surface area contributed by atoms with Crippen molar-refractivity contribution in [2.75, 3.05) is 18.5 Å². The number of anilines is 1. The third kappa shape index (κ3) is 3.24. The van der Waals surface area contributed by atoms with Gasteiger partial charge in [-0.3, -0.25) is 0 Å². The number of nitrogens with one attached hydrogen (secondary N) is 1. The van der Waals surface area contributed by atoms with Gasteiger partial charge in [0.1, 0.15) is 0 Å². The second kappa shape index (κ2) is 6.49. The van der Waals surface area contributed by atoms with Gasteiger partial charge in [-0.25, -0.2) is 4.98 Å². The molecule has 1 aromatic carbocycles. The molecule has 4 rings (SSSR count). The largest absolute Gasteiger partial charge is 0.376 e. The number of fused-ring (bicyclic) bond motifs is 1. The summed E-state index contributed by atoms with van der Waals surface area (Å²) >= 11 is 4.82. The molecule has 3 heterocycles. The van der Waals surface area contributed by atoms with Gasteiger partial charge in [0.25, 0.3) is 0 Å². The minimum absolute atomic E-state index is 0.310. The van der Waals surface area contributed by atoms with E-state index in [4.69, 9.17) is 4.74 Å². The number of aromatic nitrogens is 3. The Bertz CT molecular complexity index is 733. The molecule has 1 aliphatic heterocycles. The van der Waals surface area contributed by atoms with Crippen LogP contribution in [0.2, 0.25) is 0 Å². The Kier molecular flexibility index (Phi) is 4.24. The lowest BCUT2D eigenvalue weighted by Crippen LogP contribution is -2.18. The first-order chi connectivity index (χ1) is 10.9. The average Bonchev–Trinajstić information content (AvgIpc) is 3.26. The first-order valence-corrected chi connectivity index (χ1v) is 9.54. The van der Waals surface area contributed by atoms with Crippen molar-refractivity contribution < 1.29 is 4.74 Å². The highest BCUT2D eigenvalue weighted by Gasteiger charge is 2.16. The number of benzene rings is 1. The number of para-hydroxylation sites is 1. The normalized spacial score (nSPS) is 18.1. The average molecular weight is 350 g/mol. The molecule has 1 N–H and O–H groups in total. The van der Waals surface area contributed by atoms with E-state index in [2.05, 4.69) is 26.6 Å². The minimum Gasteiger partial charge on any atom is -0.376 e. The van der Waals surface area contributed by atoms with Crippen LogP contribution >= 0.6 is 34.4 Å². The van der Waals surface area contributed by atoms with E-state index in [1.165, 1.54) is 4.70 Å². The molecule has 0 amide bonds. The highest BCUT2D eigenvalue weighted by molar-refractivity contribution is 8.02. The van der Waals surface area contributed by atoms with Crippen LogP contribution in [0.4, 0.5) is 5.13 Å². The summed E-state index contributed by atoms with van der Waals surface area (Å²) in [5.41, 5.74) is 1.04. The number of rotatable bonds is 5. The molecule has 2 aromatic heterocycles.